The van der Waals surface area contributed by atoms with E-state index in [4.69, 9.17) is 18.7 Å². The van der Waals surface area contributed by atoms with Gasteiger partial charge >= 0.3 is 6.01 Å². The van der Waals surface area contributed by atoms with Gasteiger partial charge < -0.3 is 29.4 Å². The Hall–Kier alpha value is -5.00. The number of rotatable bonds is 9. The van der Waals surface area contributed by atoms with Gasteiger partial charge in [0.25, 0.3) is 5.91 Å². The molecule has 0 aliphatic heterocycles. The lowest BCUT2D eigenvalue weighted by Gasteiger charge is -2.12. The molecule has 0 saturated carbocycles. The minimum atomic E-state index is -0.508. The summed E-state index contributed by atoms with van der Waals surface area (Å²) in [5, 5.41) is 9.40. The molecular weight excluding hydrogens is 504 g/mol. The average molecular weight is 533 g/mol. The van der Waals surface area contributed by atoms with Gasteiger partial charge in [0.2, 0.25) is 17.7 Å². The average Bonchev–Trinajstić information content (AvgIpc) is 3.39. The molecule has 0 fully saturated rings. The van der Waals surface area contributed by atoms with Crippen molar-refractivity contribution in [3.63, 3.8) is 0 Å². The molecule has 3 aromatic heterocycles. The Morgan fingerprint density at radius 3 is 2.26 bits per heavy atom. The number of amides is 2. The number of hydrogen-bond acceptors (Lipinski definition) is 10. The fourth-order valence-electron chi connectivity index (χ4n) is 3.34. The Kier molecular flexibility index (Phi) is 8.04. The molecule has 0 aliphatic carbocycles. The monoisotopic (exact) mass is 532 g/mol. The topological polar surface area (TPSA) is 151 Å². The van der Waals surface area contributed by atoms with Crippen molar-refractivity contribution >= 4 is 23.3 Å². The zero-order chi connectivity index (χ0) is 28.0. The minimum absolute atomic E-state index is 0.0218. The predicted molar refractivity (Wildman–Crippen MR) is 141 cm³/mol. The maximum absolute atomic E-state index is 13.0. The van der Waals surface area contributed by atoms with Gasteiger partial charge in [0, 0.05) is 23.4 Å². The summed E-state index contributed by atoms with van der Waals surface area (Å²) in [5.74, 6) is 0.891. The lowest BCUT2D eigenvalue weighted by atomic mass is 9.93. The van der Waals surface area contributed by atoms with Crippen molar-refractivity contribution in [3.8, 4) is 23.5 Å². The predicted octanol–water partition coefficient (Wildman–Crippen LogP) is 4.40. The first-order chi connectivity index (χ1) is 18.6. The Bertz CT molecular complexity index is 1440. The van der Waals surface area contributed by atoms with E-state index in [9.17, 15) is 9.59 Å². The third kappa shape index (κ3) is 7.06. The van der Waals surface area contributed by atoms with Gasteiger partial charge in [0.05, 0.1) is 26.7 Å². The van der Waals surface area contributed by atoms with Crippen LogP contribution in [0.5, 0.6) is 23.5 Å². The second-order valence-electron chi connectivity index (χ2n) is 9.39. The van der Waals surface area contributed by atoms with Crippen LogP contribution in [0.4, 0.5) is 11.5 Å². The van der Waals surface area contributed by atoms with Crippen LogP contribution in [0.15, 0.2) is 59.3 Å². The zero-order valence-corrected chi connectivity index (χ0v) is 22.1. The molecule has 4 rings (SSSR count). The number of carbonyl (C=O) groups excluding carboxylic acids is 2. The molecule has 0 spiro atoms. The standard InChI is InChI=1S/C27H28N6O6/c1-27(2,3)19-14-20(33-39-19)30-21(34)13-16-8-10-17(11-9-16)29-25(35)24-18(7-6-12-28-24)38-26-31-22(36-4)15-23(32-26)37-5/h6-12,14-15H,13H2,1-5H3,(H,29,35)(H,30,33,34). The number of pyridine rings is 1. The van der Waals surface area contributed by atoms with E-state index in [-0.39, 0.29) is 47.0 Å². The van der Waals surface area contributed by atoms with Gasteiger partial charge in [-0.25, -0.2) is 4.98 Å². The van der Waals surface area contributed by atoms with Crippen LogP contribution in [0.3, 0.4) is 0 Å². The first-order valence-electron chi connectivity index (χ1n) is 11.9. The highest BCUT2D eigenvalue weighted by Gasteiger charge is 2.21. The summed E-state index contributed by atoms with van der Waals surface area (Å²) >= 11 is 0. The van der Waals surface area contributed by atoms with Crippen molar-refractivity contribution in [2.45, 2.75) is 32.6 Å². The summed E-state index contributed by atoms with van der Waals surface area (Å²) in [5.41, 5.74) is 1.06. The summed E-state index contributed by atoms with van der Waals surface area (Å²) in [6.07, 6.45) is 1.59. The van der Waals surface area contributed by atoms with E-state index in [1.807, 2.05) is 20.8 Å². The molecule has 202 valence electrons. The van der Waals surface area contributed by atoms with Gasteiger partial charge in [0.15, 0.2) is 17.3 Å². The highest BCUT2D eigenvalue weighted by Crippen LogP contribution is 2.27. The van der Waals surface area contributed by atoms with Crippen molar-refractivity contribution < 1.29 is 28.3 Å². The first kappa shape index (κ1) is 27.0. The number of aromatic nitrogens is 4. The lowest BCUT2D eigenvalue weighted by Crippen LogP contribution is -2.16. The number of carbonyl (C=O) groups is 2. The van der Waals surface area contributed by atoms with Gasteiger partial charge in [-0.15, -0.1) is 0 Å². The van der Waals surface area contributed by atoms with E-state index < -0.39 is 5.91 Å². The number of anilines is 2. The van der Waals surface area contributed by atoms with E-state index in [0.717, 1.165) is 5.56 Å². The van der Waals surface area contributed by atoms with Crippen molar-refractivity contribution in [2.75, 3.05) is 24.9 Å². The van der Waals surface area contributed by atoms with Crippen molar-refractivity contribution in [3.05, 3.63) is 71.7 Å². The van der Waals surface area contributed by atoms with Crippen LogP contribution in [0.1, 0.15) is 42.6 Å². The molecule has 1 aromatic carbocycles. The number of nitrogens with one attached hydrogen (secondary N) is 2. The maximum atomic E-state index is 13.0. The molecule has 0 saturated heterocycles. The highest BCUT2D eigenvalue weighted by atomic mass is 16.5. The van der Waals surface area contributed by atoms with Crippen LogP contribution in [0, 0.1) is 0 Å². The Morgan fingerprint density at radius 2 is 1.64 bits per heavy atom. The van der Waals surface area contributed by atoms with Gasteiger partial charge in [0.1, 0.15) is 5.76 Å². The van der Waals surface area contributed by atoms with Crippen LogP contribution < -0.4 is 24.8 Å². The fraction of sp³-hybridized carbons (Fsp3) is 0.259. The second kappa shape index (κ2) is 11.6. The van der Waals surface area contributed by atoms with Crippen molar-refractivity contribution in [2.24, 2.45) is 0 Å². The molecule has 0 unspecified atom stereocenters. The van der Waals surface area contributed by atoms with E-state index >= 15 is 0 Å². The van der Waals surface area contributed by atoms with Gasteiger partial charge in [-0.05, 0) is 29.8 Å². The molecule has 0 radical (unpaired) electrons. The molecule has 12 nitrogen and oxygen atoms in total. The number of hydrogen-bond donors (Lipinski definition) is 2. The van der Waals surface area contributed by atoms with Crippen LogP contribution in [-0.4, -0.2) is 46.1 Å². The number of benzene rings is 1. The quantitative estimate of drug-likeness (QED) is 0.317. The molecular formula is C27H28N6O6. The minimum Gasteiger partial charge on any atom is -0.481 e. The molecule has 39 heavy (non-hydrogen) atoms. The Labute approximate surface area is 224 Å². The first-order valence-corrected chi connectivity index (χ1v) is 11.9. The van der Waals surface area contributed by atoms with Crippen LogP contribution in [0.2, 0.25) is 0 Å². The smallest absolute Gasteiger partial charge is 0.328 e. The van der Waals surface area contributed by atoms with Gasteiger partial charge in [-0.1, -0.05) is 38.1 Å². The molecule has 0 atom stereocenters. The second-order valence-corrected chi connectivity index (χ2v) is 9.39. The number of methoxy groups -OCH3 is 2. The molecule has 2 amide bonds. The molecule has 4 aromatic rings. The summed E-state index contributed by atoms with van der Waals surface area (Å²) < 4.78 is 21.3. The maximum Gasteiger partial charge on any atom is 0.328 e. The third-order valence-electron chi connectivity index (χ3n) is 5.36. The van der Waals surface area contributed by atoms with Crippen LogP contribution >= 0.6 is 0 Å². The molecule has 2 N–H and O–H groups in total. The van der Waals surface area contributed by atoms with Crippen LogP contribution in [-0.2, 0) is 16.6 Å². The molecule has 0 bridgehead atoms. The summed E-state index contributed by atoms with van der Waals surface area (Å²) in [4.78, 5) is 37.8. The molecule has 0 aliphatic rings. The number of ether oxygens (including phenoxy) is 3. The lowest BCUT2D eigenvalue weighted by molar-refractivity contribution is -0.115. The van der Waals surface area contributed by atoms with Crippen molar-refractivity contribution in [1.29, 1.82) is 0 Å². The highest BCUT2D eigenvalue weighted by molar-refractivity contribution is 6.04. The SMILES string of the molecule is COc1cc(OC)nc(Oc2cccnc2C(=O)Nc2ccc(CC(=O)Nc3cc(C(C)(C)C)on3)cc2)n1. The summed E-state index contributed by atoms with van der Waals surface area (Å²) in [6.45, 7) is 5.98. The van der Waals surface area contributed by atoms with Crippen LogP contribution in [0.25, 0.3) is 0 Å². The third-order valence-corrected chi connectivity index (χ3v) is 5.36. The van der Waals surface area contributed by atoms with Gasteiger partial charge in [-0.3, -0.25) is 9.59 Å². The summed E-state index contributed by atoms with van der Waals surface area (Å²) in [6, 6.07) is 13.2. The van der Waals surface area contributed by atoms with E-state index in [1.54, 1.807) is 42.5 Å². The summed E-state index contributed by atoms with van der Waals surface area (Å²) in [7, 11) is 2.90. The Balaban J connectivity index is 1.39. The normalized spacial score (nSPS) is 11.0. The Morgan fingerprint density at radius 1 is 0.949 bits per heavy atom. The van der Waals surface area contributed by atoms with E-state index in [2.05, 4.69) is 30.7 Å². The number of nitrogens with zero attached hydrogens (tertiary/aromatic N) is 4. The van der Waals surface area contributed by atoms with E-state index in [1.165, 1.54) is 26.5 Å². The molecule has 3 heterocycles. The van der Waals surface area contributed by atoms with Gasteiger partial charge in [-0.2, -0.15) is 9.97 Å². The largest absolute Gasteiger partial charge is 0.481 e. The van der Waals surface area contributed by atoms with Crippen molar-refractivity contribution in [1.82, 2.24) is 20.1 Å². The zero-order valence-electron chi connectivity index (χ0n) is 22.1. The van der Waals surface area contributed by atoms with E-state index in [0.29, 0.717) is 17.3 Å². The fourth-order valence-corrected chi connectivity index (χ4v) is 3.34. The molecule has 12 heteroatoms.